The lowest BCUT2D eigenvalue weighted by Crippen LogP contribution is -2.24. The van der Waals surface area contributed by atoms with Crippen molar-refractivity contribution in [2.24, 2.45) is 0 Å². The zero-order valence-corrected chi connectivity index (χ0v) is 14.2. The van der Waals surface area contributed by atoms with Gasteiger partial charge in [-0.05, 0) is 30.3 Å². The quantitative estimate of drug-likeness (QED) is 0.755. The highest BCUT2D eigenvalue weighted by molar-refractivity contribution is 6.42. The maximum absolute atomic E-state index is 13.7. The Bertz CT molecular complexity index is 974. The highest BCUT2D eigenvalue weighted by Crippen LogP contribution is 2.29. The Morgan fingerprint density at radius 3 is 2.63 bits per heavy atom. The van der Waals surface area contributed by atoms with Crippen molar-refractivity contribution in [2.75, 3.05) is 5.32 Å². The number of esters is 2. The molecule has 0 fully saturated rings. The molecule has 2 aromatic carbocycles. The summed E-state index contributed by atoms with van der Waals surface area (Å²) in [6.45, 7) is 0. The first-order valence-electron chi connectivity index (χ1n) is 7.53. The van der Waals surface area contributed by atoms with Gasteiger partial charge in [-0.15, -0.1) is 0 Å². The third kappa shape index (κ3) is 3.90. The number of carbonyl (C=O) groups excluding carboxylic acids is 2. The molecule has 1 atom stereocenters. The van der Waals surface area contributed by atoms with Crippen LogP contribution in [0.1, 0.15) is 20.7 Å². The summed E-state index contributed by atoms with van der Waals surface area (Å²) in [7, 11) is 0. The Labute approximate surface area is 157 Å². The van der Waals surface area contributed by atoms with E-state index in [1.807, 2.05) is 0 Å². The molecule has 1 unspecified atom stereocenters. The van der Waals surface area contributed by atoms with Crippen molar-refractivity contribution in [1.29, 1.82) is 0 Å². The number of anilines is 1. The summed E-state index contributed by atoms with van der Waals surface area (Å²) in [4.78, 5) is 34.9. The number of carboxylic acid groups (broad SMARTS) is 1. The fourth-order valence-electron chi connectivity index (χ4n) is 2.29. The second kappa shape index (κ2) is 7.46. The van der Waals surface area contributed by atoms with Gasteiger partial charge in [0.25, 0.3) is 6.29 Å². The molecule has 138 valence electrons. The van der Waals surface area contributed by atoms with Crippen LogP contribution in [0.3, 0.4) is 0 Å². The number of halogens is 2. The van der Waals surface area contributed by atoms with E-state index in [4.69, 9.17) is 26.2 Å². The van der Waals surface area contributed by atoms with E-state index in [1.54, 1.807) is 0 Å². The van der Waals surface area contributed by atoms with Crippen LogP contribution in [-0.2, 0) is 14.3 Å². The number of nitrogens with one attached hydrogen (secondary N) is 1. The molecule has 1 heterocycles. The minimum Gasteiger partial charge on any atom is -0.478 e. The zero-order chi connectivity index (χ0) is 19.6. The van der Waals surface area contributed by atoms with Crippen molar-refractivity contribution < 1.29 is 33.4 Å². The number of ether oxygens (including phenoxy) is 2. The van der Waals surface area contributed by atoms with E-state index in [0.29, 0.717) is 0 Å². The lowest BCUT2D eigenvalue weighted by Gasteiger charge is -2.16. The summed E-state index contributed by atoms with van der Waals surface area (Å²) < 4.78 is 23.6. The van der Waals surface area contributed by atoms with Crippen LogP contribution in [0.4, 0.5) is 10.1 Å². The fraction of sp³-hybridized carbons (Fsp3) is 0.0556. The molecule has 0 radical (unpaired) electrons. The van der Waals surface area contributed by atoms with Crippen molar-refractivity contribution in [1.82, 2.24) is 0 Å². The second-order valence-corrected chi connectivity index (χ2v) is 5.74. The molecule has 2 aromatic rings. The van der Waals surface area contributed by atoms with Crippen LogP contribution in [0.15, 0.2) is 59.3 Å². The molecule has 1 aliphatic rings. The van der Waals surface area contributed by atoms with Gasteiger partial charge >= 0.3 is 17.9 Å². The first-order valence-corrected chi connectivity index (χ1v) is 7.91. The van der Waals surface area contributed by atoms with Crippen molar-refractivity contribution in [3.05, 3.63) is 76.2 Å². The van der Waals surface area contributed by atoms with Gasteiger partial charge in [-0.2, -0.15) is 0 Å². The summed E-state index contributed by atoms with van der Waals surface area (Å²) in [5.74, 6) is -3.96. The fourth-order valence-corrected chi connectivity index (χ4v) is 2.47. The van der Waals surface area contributed by atoms with Gasteiger partial charge in [0.05, 0.1) is 11.1 Å². The summed E-state index contributed by atoms with van der Waals surface area (Å²) in [5, 5.41) is 11.4. The Hall–Kier alpha value is -3.39. The SMILES string of the molecule is O=C1OC(OC(=O)c2ccccc2F)C(Nc2cccc(C(=O)O)c2)=C1Cl. The highest BCUT2D eigenvalue weighted by atomic mass is 35.5. The van der Waals surface area contributed by atoms with E-state index in [2.05, 4.69) is 5.32 Å². The zero-order valence-electron chi connectivity index (χ0n) is 13.4. The van der Waals surface area contributed by atoms with Gasteiger partial charge in [-0.3, -0.25) is 0 Å². The molecule has 27 heavy (non-hydrogen) atoms. The summed E-state index contributed by atoms with van der Waals surface area (Å²) in [6, 6.07) is 10.8. The third-order valence-electron chi connectivity index (χ3n) is 3.56. The van der Waals surface area contributed by atoms with Crippen molar-refractivity contribution >= 4 is 35.2 Å². The number of hydrogen-bond donors (Lipinski definition) is 2. The number of carbonyl (C=O) groups is 3. The Morgan fingerprint density at radius 2 is 1.93 bits per heavy atom. The minimum absolute atomic E-state index is 0.0122. The van der Waals surface area contributed by atoms with Crippen LogP contribution in [0, 0.1) is 5.82 Å². The van der Waals surface area contributed by atoms with E-state index >= 15 is 0 Å². The lowest BCUT2D eigenvalue weighted by atomic mass is 10.2. The summed E-state index contributed by atoms with van der Waals surface area (Å²) >= 11 is 5.90. The topological polar surface area (TPSA) is 102 Å². The van der Waals surface area contributed by atoms with Crippen molar-refractivity contribution in [3.63, 3.8) is 0 Å². The number of benzene rings is 2. The number of carboxylic acids is 1. The van der Waals surface area contributed by atoms with E-state index < -0.39 is 30.0 Å². The van der Waals surface area contributed by atoms with Gasteiger partial charge in [0.2, 0.25) is 0 Å². The van der Waals surface area contributed by atoms with Crippen LogP contribution in [0.25, 0.3) is 0 Å². The number of cyclic esters (lactones) is 1. The highest BCUT2D eigenvalue weighted by Gasteiger charge is 2.37. The standard InChI is InChI=1S/C18H11ClFNO6/c19-13-14(21-10-5-3-4-9(8-10)15(22)23)18(27-17(13)25)26-16(24)11-6-1-2-7-12(11)20/h1-8,18,21H,(H,22,23). The molecule has 7 nitrogen and oxygen atoms in total. The molecule has 3 rings (SSSR count). The molecule has 0 bridgehead atoms. The third-order valence-corrected chi connectivity index (χ3v) is 3.92. The monoisotopic (exact) mass is 391 g/mol. The maximum atomic E-state index is 13.7. The number of rotatable bonds is 5. The molecule has 0 amide bonds. The van der Waals surface area contributed by atoms with Crippen LogP contribution in [0.2, 0.25) is 0 Å². The average molecular weight is 392 g/mol. The molecule has 0 saturated heterocycles. The first-order chi connectivity index (χ1) is 12.9. The Balaban J connectivity index is 1.83. The molecule has 0 saturated carbocycles. The van der Waals surface area contributed by atoms with E-state index in [-0.39, 0.29) is 27.5 Å². The molecular formula is C18H11ClFNO6. The maximum Gasteiger partial charge on any atom is 0.355 e. The molecule has 1 aliphatic heterocycles. The largest absolute Gasteiger partial charge is 0.478 e. The van der Waals surface area contributed by atoms with Crippen molar-refractivity contribution in [3.8, 4) is 0 Å². The van der Waals surface area contributed by atoms with Gasteiger partial charge in [-0.1, -0.05) is 29.8 Å². The van der Waals surface area contributed by atoms with Crippen molar-refractivity contribution in [2.45, 2.75) is 6.29 Å². The summed E-state index contributed by atoms with van der Waals surface area (Å²) in [6.07, 6.45) is -1.54. The van der Waals surface area contributed by atoms with E-state index in [9.17, 15) is 18.8 Å². The Kier molecular flexibility index (Phi) is 5.09. The van der Waals surface area contributed by atoms with Gasteiger partial charge in [0.1, 0.15) is 11.5 Å². The molecule has 0 spiro atoms. The smallest absolute Gasteiger partial charge is 0.355 e. The van der Waals surface area contributed by atoms with Crippen LogP contribution in [-0.4, -0.2) is 29.3 Å². The van der Waals surface area contributed by atoms with E-state index in [1.165, 1.54) is 42.5 Å². The number of aromatic carboxylic acids is 1. The molecule has 0 aromatic heterocycles. The van der Waals surface area contributed by atoms with Crippen LogP contribution in [0.5, 0.6) is 0 Å². The molecular weight excluding hydrogens is 381 g/mol. The van der Waals surface area contributed by atoms with Gasteiger partial charge in [-0.25, -0.2) is 18.8 Å². The summed E-state index contributed by atoms with van der Waals surface area (Å²) in [5.41, 5.74) is -0.187. The average Bonchev–Trinajstić information content (AvgIpc) is 2.89. The molecule has 9 heteroatoms. The van der Waals surface area contributed by atoms with Gasteiger partial charge in [0.15, 0.2) is 5.03 Å². The Morgan fingerprint density at radius 1 is 1.19 bits per heavy atom. The second-order valence-electron chi connectivity index (χ2n) is 5.36. The minimum atomic E-state index is -1.54. The van der Waals surface area contributed by atoms with Gasteiger partial charge < -0.3 is 19.9 Å². The van der Waals surface area contributed by atoms with E-state index in [0.717, 1.165) is 6.07 Å². The first kappa shape index (κ1) is 18.4. The molecule has 0 aliphatic carbocycles. The number of hydrogen-bond acceptors (Lipinski definition) is 6. The predicted octanol–water partition coefficient (Wildman–Crippen LogP) is 3.13. The predicted molar refractivity (Wildman–Crippen MR) is 91.6 cm³/mol. The van der Waals surface area contributed by atoms with Gasteiger partial charge in [0, 0.05) is 5.69 Å². The normalized spacial score (nSPS) is 16.1. The van der Waals surface area contributed by atoms with Crippen LogP contribution < -0.4 is 5.32 Å². The lowest BCUT2D eigenvalue weighted by molar-refractivity contribution is -0.152. The van der Waals surface area contributed by atoms with Crippen LogP contribution >= 0.6 is 11.6 Å². The molecule has 2 N–H and O–H groups in total.